The summed E-state index contributed by atoms with van der Waals surface area (Å²) in [7, 11) is 0. The molecule has 1 fully saturated rings. The molecule has 0 aromatic heterocycles. The molecular weight excluding hydrogens is 454 g/mol. The van der Waals surface area contributed by atoms with Crippen molar-refractivity contribution in [3.05, 3.63) is 75.7 Å². The zero-order valence-corrected chi connectivity index (χ0v) is 18.5. The van der Waals surface area contributed by atoms with Gasteiger partial charge >= 0.3 is 0 Å². The molecular formula is C22H21BrClN3S. The van der Waals surface area contributed by atoms with Gasteiger partial charge < -0.3 is 10.2 Å². The third-order valence-corrected chi connectivity index (χ3v) is 6.27. The lowest BCUT2D eigenvalue weighted by Gasteiger charge is -2.36. The van der Waals surface area contributed by atoms with E-state index in [0.29, 0.717) is 5.02 Å². The highest BCUT2D eigenvalue weighted by Crippen LogP contribution is 2.26. The minimum Gasteiger partial charge on any atom is -0.346 e. The Morgan fingerprint density at radius 2 is 1.75 bits per heavy atom. The van der Waals surface area contributed by atoms with Gasteiger partial charge in [0.25, 0.3) is 0 Å². The van der Waals surface area contributed by atoms with Crippen LogP contribution >= 0.6 is 39.7 Å². The molecule has 0 amide bonds. The predicted octanol–water partition coefficient (Wildman–Crippen LogP) is 5.77. The maximum atomic E-state index is 6.29. The van der Waals surface area contributed by atoms with Crippen LogP contribution in [0.5, 0.6) is 0 Å². The number of fused-ring (bicyclic) bond motifs is 1. The van der Waals surface area contributed by atoms with Crippen molar-refractivity contribution < 1.29 is 0 Å². The molecule has 1 N–H and O–H groups in total. The van der Waals surface area contributed by atoms with E-state index in [1.807, 2.05) is 18.2 Å². The predicted molar refractivity (Wildman–Crippen MR) is 126 cm³/mol. The zero-order chi connectivity index (χ0) is 19.5. The third kappa shape index (κ3) is 4.49. The molecule has 0 unspecified atom stereocenters. The Balaban J connectivity index is 1.36. The number of piperazine rings is 1. The van der Waals surface area contributed by atoms with Crippen LogP contribution in [0.4, 0.5) is 5.69 Å². The van der Waals surface area contributed by atoms with E-state index in [-0.39, 0.29) is 0 Å². The largest absolute Gasteiger partial charge is 0.346 e. The van der Waals surface area contributed by atoms with Gasteiger partial charge in [-0.3, -0.25) is 4.90 Å². The number of rotatable bonds is 3. The fourth-order valence-electron chi connectivity index (χ4n) is 3.57. The molecule has 1 aliphatic heterocycles. The SMILES string of the molecule is S=C(Nc1ccc(Br)cc1Cl)N1CCN(Cc2cccc3ccccc23)CC1. The first-order chi connectivity index (χ1) is 13.6. The fourth-order valence-corrected chi connectivity index (χ4v) is 4.58. The average Bonchev–Trinajstić information content (AvgIpc) is 2.71. The summed E-state index contributed by atoms with van der Waals surface area (Å²) in [6, 6.07) is 20.9. The van der Waals surface area contributed by atoms with Gasteiger partial charge in [-0.25, -0.2) is 0 Å². The van der Waals surface area contributed by atoms with Crippen molar-refractivity contribution in [1.82, 2.24) is 9.80 Å². The van der Waals surface area contributed by atoms with Crippen LogP contribution in [0.2, 0.25) is 5.02 Å². The quantitative estimate of drug-likeness (QED) is 0.485. The molecule has 4 rings (SSSR count). The summed E-state index contributed by atoms with van der Waals surface area (Å²) in [5.74, 6) is 0. The molecule has 3 nitrogen and oxygen atoms in total. The Labute approximate surface area is 184 Å². The molecule has 1 aliphatic rings. The Morgan fingerprint density at radius 1 is 1.00 bits per heavy atom. The molecule has 1 saturated heterocycles. The van der Waals surface area contributed by atoms with Crippen LogP contribution in [-0.2, 0) is 6.54 Å². The fraction of sp³-hybridized carbons (Fsp3) is 0.227. The van der Waals surface area contributed by atoms with E-state index in [1.165, 1.54) is 16.3 Å². The molecule has 0 spiro atoms. The summed E-state index contributed by atoms with van der Waals surface area (Å²) >= 11 is 15.3. The number of nitrogens with one attached hydrogen (secondary N) is 1. The van der Waals surface area contributed by atoms with Crippen LogP contribution in [-0.4, -0.2) is 41.1 Å². The summed E-state index contributed by atoms with van der Waals surface area (Å²) in [6.45, 7) is 4.75. The monoisotopic (exact) mass is 473 g/mol. The van der Waals surface area contributed by atoms with E-state index < -0.39 is 0 Å². The molecule has 0 saturated carbocycles. The molecule has 3 aromatic rings. The normalized spacial score (nSPS) is 15.0. The van der Waals surface area contributed by atoms with Crippen molar-refractivity contribution in [1.29, 1.82) is 0 Å². The maximum Gasteiger partial charge on any atom is 0.173 e. The number of thiocarbonyl (C=S) groups is 1. The van der Waals surface area contributed by atoms with E-state index in [4.69, 9.17) is 23.8 Å². The van der Waals surface area contributed by atoms with Crippen molar-refractivity contribution >= 4 is 61.3 Å². The molecule has 1 heterocycles. The first kappa shape index (κ1) is 19.6. The molecule has 144 valence electrons. The molecule has 6 heteroatoms. The van der Waals surface area contributed by atoms with Gasteiger partial charge in [0.15, 0.2) is 5.11 Å². The highest BCUT2D eigenvalue weighted by atomic mass is 79.9. The van der Waals surface area contributed by atoms with E-state index >= 15 is 0 Å². The molecule has 3 aromatic carbocycles. The number of anilines is 1. The zero-order valence-electron chi connectivity index (χ0n) is 15.4. The smallest absolute Gasteiger partial charge is 0.173 e. The second-order valence-electron chi connectivity index (χ2n) is 6.96. The highest BCUT2D eigenvalue weighted by molar-refractivity contribution is 9.10. The second kappa shape index (κ2) is 8.78. The average molecular weight is 475 g/mol. The molecule has 0 atom stereocenters. The van der Waals surface area contributed by atoms with E-state index in [1.54, 1.807) is 0 Å². The van der Waals surface area contributed by atoms with Gasteiger partial charge in [-0.05, 0) is 46.8 Å². The minimum atomic E-state index is 0.659. The van der Waals surface area contributed by atoms with Crippen molar-refractivity contribution in [3.8, 4) is 0 Å². The Kier molecular flexibility index (Phi) is 6.16. The van der Waals surface area contributed by atoms with Crippen LogP contribution < -0.4 is 5.32 Å². The summed E-state index contributed by atoms with van der Waals surface area (Å²) < 4.78 is 0.955. The van der Waals surface area contributed by atoms with E-state index in [0.717, 1.165) is 48.0 Å². The van der Waals surface area contributed by atoms with Crippen molar-refractivity contribution in [2.45, 2.75) is 6.54 Å². The Hall–Kier alpha value is -1.66. The lowest BCUT2D eigenvalue weighted by atomic mass is 10.0. The first-order valence-electron chi connectivity index (χ1n) is 9.30. The van der Waals surface area contributed by atoms with E-state index in [2.05, 4.69) is 73.5 Å². The topological polar surface area (TPSA) is 18.5 Å². The second-order valence-corrected chi connectivity index (χ2v) is 8.67. The third-order valence-electron chi connectivity index (χ3n) is 5.11. The molecule has 0 aliphatic carbocycles. The summed E-state index contributed by atoms with van der Waals surface area (Å²) in [5, 5.41) is 7.31. The van der Waals surface area contributed by atoms with Gasteiger partial charge in [-0.2, -0.15) is 0 Å². The summed E-state index contributed by atoms with van der Waals surface area (Å²) in [5.41, 5.74) is 2.22. The molecule has 28 heavy (non-hydrogen) atoms. The standard InChI is InChI=1S/C22H21BrClN3S/c23-18-8-9-21(20(24)14-18)25-22(28)27-12-10-26(11-13-27)15-17-6-3-5-16-4-1-2-7-19(16)17/h1-9,14H,10-13,15H2,(H,25,28). The lowest BCUT2D eigenvalue weighted by Crippen LogP contribution is -2.49. The number of hydrogen-bond donors (Lipinski definition) is 1. The van der Waals surface area contributed by atoms with Crippen LogP contribution in [0.15, 0.2) is 65.1 Å². The first-order valence-corrected chi connectivity index (χ1v) is 10.9. The van der Waals surface area contributed by atoms with Gasteiger partial charge in [0.2, 0.25) is 0 Å². The summed E-state index contributed by atoms with van der Waals surface area (Å²) in [4.78, 5) is 4.71. The Morgan fingerprint density at radius 3 is 2.54 bits per heavy atom. The van der Waals surface area contributed by atoms with Gasteiger partial charge in [-0.15, -0.1) is 0 Å². The highest BCUT2D eigenvalue weighted by Gasteiger charge is 2.20. The number of benzene rings is 3. The van der Waals surface area contributed by atoms with Crippen LogP contribution in [0.3, 0.4) is 0 Å². The summed E-state index contributed by atoms with van der Waals surface area (Å²) in [6.07, 6.45) is 0. The Bertz CT molecular complexity index is 997. The van der Waals surface area contributed by atoms with E-state index in [9.17, 15) is 0 Å². The van der Waals surface area contributed by atoms with Crippen molar-refractivity contribution in [2.24, 2.45) is 0 Å². The number of nitrogens with zero attached hydrogens (tertiary/aromatic N) is 2. The van der Waals surface area contributed by atoms with Gasteiger partial charge in [0.05, 0.1) is 10.7 Å². The lowest BCUT2D eigenvalue weighted by molar-refractivity contribution is 0.177. The van der Waals surface area contributed by atoms with Crippen molar-refractivity contribution in [2.75, 3.05) is 31.5 Å². The van der Waals surface area contributed by atoms with Crippen LogP contribution in [0.1, 0.15) is 5.56 Å². The van der Waals surface area contributed by atoms with Crippen LogP contribution in [0.25, 0.3) is 10.8 Å². The molecule has 0 bridgehead atoms. The van der Waals surface area contributed by atoms with Crippen LogP contribution in [0, 0.1) is 0 Å². The van der Waals surface area contributed by atoms with Gasteiger partial charge in [0, 0.05) is 37.2 Å². The molecule has 0 radical (unpaired) electrons. The maximum absolute atomic E-state index is 6.29. The van der Waals surface area contributed by atoms with Crippen molar-refractivity contribution in [3.63, 3.8) is 0 Å². The number of hydrogen-bond acceptors (Lipinski definition) is 2. The van der Waals surface area contributed by atoms with Gasteiger partial charge in [0.1, 0.15) is 0 Å². The minimum absolute atomic E-state index is 0.659. The number of halogens is 2. The van der Waals surface area contributed by atoms with Gasteiger partial charge in [-0.1, -0.05) is 70.0 Å².